The highest BCUT2D eigenvalue weighted by Gasteiger charge is 2.14. The average molecular weight is 273 g/mol. The molecule has 1 rings (SSSR count). The van der Waals surface area contributed by atoms with Gasteiger partial charge in [0.25, 0.3) is 0 Å². The van der Waals surface area contributed by atoms with E-state index in [1.165, 1.54) is 32.4 Å². The van der Waals surface area contributed by atoms with Crippen LogP contribution >= 0.6 is 12.0 Å². The van der Waals surface area contributed by atoms with Crippen molar-refractivity contribution in [2.24, 2.45) is 0 Å². The van der Waals surface area contributed by atoms with E-state index in [0.29, 0.717) is 16.9 Å². The number of ether oxygens (including phenoxy) is 2. The SMILES string of the molecule is COC(=O)c1cc(SOO[O-])cc(C(=O)OC)c1. The maximum Gasteiger partial charge on any atom is 0.337 e. The quantitative estimate of drug-likeness (QED) is 0.331. The van der Waals surface area contributed by atoms with Gasteiger partial charge in [-0.15, -0.1) is 0 Å². The van der Waals surface area contributed by atoms with Gasteiger partial charge in [-0.25, -0.2) is 9.59 Å². The van der Waals surface area contributed by atoms with Gasteiger partial charge in [-0.1, -0.05) is 0 Å². The molecule has 0 spiro atoms. The molecule has 18 heavy (non-hydrogen) atoms. The highest BCUT2D eigenvalue weighted by molar-refractivity contribution is 7.94. The van der Waals surface area contributed by atoms with Gasteiger partial charge in [0.05, 0.1) is 37.4 Å². The Morgan fingerprint density at radius 2 is 1.56 bits per heavy atom. The molecule has 0 aliphatic heterocycles. The smallest absolute Gasteiger partial charge is 0.337 e. The molecule has 98 valence electrons. The van der Waals surface area contributed by atoms with Crippen LogP contribution in [0.4, 0.5) is 0 Å². The number of carbonyl (C=O) groups excluding carboxylic acids is 2. The van der Waals surface area contributed by atoms with Crippen molar-refractivity contribution < 1.29 is 33.7 Å². The number of carbonyl (C=O) groups is 2. The van der Waals surface area contributed by atoms with E-state index in [1.807, 2.05) is 0 Å². The zero-order valence-electron chi connectivity index (χ0n) is 9.50. The minimum atomic E-state index is -0.634. The number of hydrogen-bond acceptors (Lipinski definition) is 8. The molecule has 0 bridgehead atoms. The first-order chi connectivity index (χ1) is 8.62. The molecule has 7 nitrogen and oxygen atoms in total. The molecule has 0 N–H and O–H groups in total. The summed E-state index contributed by atoms with van der Waals surface area (Å²) in [6.07, 6.45) is 0. The highest BCUT2D eigenvalue weighted by atomic mass is 32.2. The van der Waals surface area contributed by atoms with Crippen molar-refractivity contribution in [2.45, 2.75) is 4.90 Å². The summed E-state index contributed by atoms with van der Waals surface area (Å²) in [5, 5.41) is 12.9. The van der Waals surface area contributed by atoms with E-state index in [0.717, 1.165) is 0 Å². The van der Waals surface area contributed by atoms with Crippen molar-refractivity contribution in [3.63, 3.8) is 0 Å². The predicted molar refractivity (Wildman–Crippen MR) is 57.1 cm³/mol. The van der Waals surface area contributed by atoms with Gasteiger partial charge in [-0.05, 0) is 18.2 Å². The van der Waals surface area contributed by atoms with E-state index in [2.05, 4.69) is 18.8 Å². The molecule has 0 saturated heterocycles. The van der Waals surface area contributed by atoms with Crippen molar-refractivity contribution >= 4 is 24.0 Å². The number of esters is 2. The van der Waals surface area contributed by atoms with Crippen LogP contribution in [0.25, 0.3) is 0 Å². The Morgan fingerprint density at radius 1 is 1.06 bits per heavy atom. The monoisotopic (exact) mass is 273 g/mol. The molecule has 0 atom stereocenters. The first kappa shape index (κ1) is 14.5. The average Bonchev–Trinajstić information content (AvgIpc) is 2.42. The van der Waals surface area contributed by atoms with Crippen LogP contribution in [-0.4, -0.2) is 26.2 Å². The molecule has 0 aromatic heterocycles. The first-order valence-electron chi connectivity index (χ1n) is 4.57. The third-order valence-electron chi connectivity index (χ3n) is 1.91. The molecular weight excluding hydrogens is 264 g/mol. The summed E-state index contributed by atoms with van der Waals surface area (Å²) in [4.78, 5) is 23.1. The summed E-state index contributed by atoms with van der Waals surface area (Å²) < 4.78 is 13.2. The lowest BCUT2D eigenvalue weighted by atomic mass is 10.1. The molecular formula is C10H9O7S-. The molecule has 0 fully saturated rings. The molecule has 1 aromatic carbocycles. The molecule has 0 aliphatic carbocycles. The van der Waals surface area contributed by atoms with Crippen LogP contribution in [0.1, 0.15) is 20.7 Å². The van der Waals surface area contributed by atoms with Crippen LogP contribution in [-0.2, 0) is 18.8 Å². The van der Waals surface area contributed by atoms with E-state index >= 15 is 0 Å². The van der Waals surface area contributed by atoms with Crippen LogP contribution in [0.5, 0.6) is 0 Å². The van der Waals surface area contributed by atoms with E-state index < -0.39 is 11.9 Å². The van der Waals surface area contributed by atoms with Gasteiger partial charge < -0.3 is 14.7 Å². The van der Waals surface area contributed by atoms with Gasteiger partial charge in [0.1, 0.15) is 0 Å². The number of benzene rings is 1. The Bertz CT molecular complexity index is 412. The molecule has 0 unspecified atom stereocenters. The predicted octanol–water partition coefficient (Wildman–Crippen LogP) is 0.490. The molecule has 0 radical (unpaired) electrons. The first-order valence-corrected chi connectivity index (χ1v) is 5.31. The lowest BCUT2D eigenvalue weighted by Gasteiger charge is -2.08. The molecule has 0 heterocycles. The van der Waals surface area contributed by atoms with Crippen molar-refractivity contribution in [3.05, 3.63) is 29.3 Å². The minimum Gasteiger partial charge on any atom is -0.691 e. The van der Waals surface area contributed by atoms with Crippen LogP contribution in [0, 0.1) is 0 Å². The molecule has 0 saturated carbocycles. The summed E-state index contributed by atoms with van der Waals surface area (Å²) in [5.74, 6) is -1.27. The Labute approximate surface area is 107 Å². The van der Waals surface area contributed by atoms with E-state index in [4.69, 9.17) is 0 Å². The second-order valence-electron chi connectivity index (χ2n) is 2.95. The lowest BCUT2D eigenvalue weighted by Crippen LogP contribution is -2.07. The van der Waals surface area contributed by atoms with Crippen LogP contribution in [0.2, 0.25) is 0 Å². The Kier molecular flexibility index (Phi) is 5.59. The highest BCUT2D eigenvalue weighted by Crippen LogP contribution is 2.23. The number of rotatable bonds is 5. The standard InChI is InChI=1S/C10H10O7S/c1-14-9(11)6-3-7(10(12)15-2)5-8(4-6)18-17-16-13/h3-5,13H,1-2H3/p-1. The third kappa shape index (κ3) is 3.70. The van der Waals surface area contributed by atoms with Gasteiger partial charge in [0.15, 0.2) is 0 Å². The molecule has 0 aliphatic rings. The summed E-state index contributed by atoms with van der Waals surface area (Å²) in [6.45, 7) is 0. The largest absolute Gasteiger partial charge is 0.691 e. The van der Waals surface area contributed by atoms with Gasteiger partial charge in [-0.2, -0.15) is 4.33 Å². The van der Waals surface area contributed by atoms with E-state index in [-0.39, 0.29) is 11.1 Å². The van der Waals surface area contributed by atoms with Gasteiger partial charge in [0, 0.05) is 4.90 Å². The maximum absolute atomic E-state index is 11.4. The van der Waals surface area contributed by atoms with Crippen LogP contribution < -0.4 is 5.26 Å². The van der Waals surface area contributed by atoms with Crippen molar-refractivity contribution in [1.82, 2.24) is 0 Å². The lowest BCUT2D eigenvalue weighted by molar-refractivity contribution is -0.777. The Hall–Kier alpha value is -1.61. The molecule has 1 aromatic rings. The van der Waals surface area contributed by atoms with Crippen LogP contribution in [0.3, 0.4) is 0 Å². The summed E-state index contributed by atoms with van der Waals surface area (Å²) in [7, 11) is 2.41. The van der Waals surface area contributed by atoms with E-state index in [1.54, 1.807) is 0 Å². The normalized spacial score (nSPS) is 9.94. The summed E-state index contributed by atoms with van der Waals surface area (Å²) >= 11 is 0.554. The molecule has 0 amide bonds. The van der Waals surface area contributed by atoms with Crippen molar-refractivity contribution in [2.75, 3.05) is 14.2 Å². The Balaban J connectivity index is 3.11. The maximum atomic E-state index is 11.4. The fourth-order valence-electron chi connectivity index (χ4n) is 1.17. The van der Waals surface area contributed by atoms with Crippen molar-refractivity contribution in [1.29, 1.82) is 0 Å². The zero-order chi connectivity index (χ0) is 13.5. The van der Waals surface area contributed by atoms with Gasteiger partial charge >= 0.3 is 11.9 Å². The molecule has 8 heteroatoms. The second-order valence-corrected chi connectivity index (χ2v) is 3.72. The van der Waals surface area contributed by atoms with Crippen LogP contribution in [0.15, 0.2) is 23.1 Å². The minimum absolute atomic E-state index is 0.123. The van der Waals surface area contributed by atoms with Crippen molar-refractivity contribution in [3.8, 4) is 0 Å². The topological polar surface area (TPSA) is 94.1 Å². The summed E-state index contributed by atoms with van der Waals surface area (Å²) in [6, 6.07) is 4.06. The zero-order valence-corrected chi connectivity index (χ0v) is 10.3. The fourth-order valence-corrected chi connectivity index (χ4v) is 1.63. The fraction of sp³-hybridized carbons (Fsp3) is 0.200. The second kappa shape index (κ2) is 6.97. The Morgan fingerprint density at radius 3 is 1.94 bits per heavy atom. The number of hydrogen-bond donors (Lipinski definition) is 0. The van der Waals surface area contributed by atoms with Gasteiger partial charge in [-0.3, -0.25) is 5.04 Å². The van der Waals surface area contributed by atoms with E-state index in [9.17, 15) is 14.8 Å². The third-order valence-corrected chi connectivity index (χ3v) is 2.46. The van der Waals surface area contributed by atoms with Gasteiger partial charge in [0.2, 0.25) is 0 Å². The number of methoxy groups -OCH3 is 2. The summed E-state index contributed by atoms with van der Waals surface area (Å²) in [5.41, 5.74) is 0.245.